The fourth-order valence-corrected chi connectivity index (χ4v) is 4.54. The average molecular weight is 678 g/mol. The highest BCUT2D eigenvalue weighted by molar-refractivity contribution is 14.1. The fourth-order valence-electron chi connectivity index (χ4n) is 3.92. The van der Waals surface area contributed by atoms with Gasteiger partial charge in [-0.05, 0) is 66.3 Å². The average Bonchev–Trinajstić information content (AvgIpc) is 2.95. The summed E-state index contributed by atoms with van der Waals surface area (Å²) in [5.74, 6) is 3.46. The Morgan fingerprint density at radius 2 is 2.00 bits per heavy atom. The second kappa shape index (κ2) is 15.0. The Labute approximate surface area is 251 Å². The van der Waals surface area contributed by atoms with Gasteiger partial charge in [0.1, 0.15) is 13.2 Å². The van der Waals surface area contributed by atoms with E-state index in [-0.39, 0.29) is 18.8 Å². The van der Waals surface area contributed by atoms with E-state index < -0.39 is 24.3 Å². The van der Waals surface area contributed by atoms with Crippen LogP contribution in [-0.2, 0) is 9.53 Å². The number of urea groups is 1. The molecular weight excluding hydrogens is 647 g/mol. The number of aliphatic hydroxyl groups excluding tert-OH is 1. The molecule has 13 heteroatoms. The lowest BCUT2D eigenvalue weighted by atomic mass is 9.95. The van der Waals surface area contributed by atoms with Crippen LogP contribution >= 0.6 is 22.6 Å². The van der Waals surface area contributed by atoms with Gasteiger partial charge in [-0.15, -0.1) is 6.42 Å². The molecule has 1 heterocycles. The Kier molecular flexibility index (Phi) is 11.5. The number of nitrogens with one attached hydrogen (secondary N) is 3. The van der Waals surface area contributed by atoms with Crippen LogP contribution in [0.5, 0.6) is 23.0 Å². The second-order valence-electron chi connectivity index (χ2n) is 8.43. The molecule has 2 aromatic carbocycles. The lowest BCUT2D eigenvalue weighted by molar-refractivity contribution is -0.136. The number of hydrogen-bond acceptors (Lipinski definition) is 10. The number of rotatable bonds is 13. The first-order valence-corrected chi connectivity index (χ1v) is 13.5. The monoisotopic (exact) mass is 678 g/mol. The number of carbonyl (C=O) groups excluding carboxylic acids is 2. The third-order valence-electron chi connectivity index (χ3n) is 5.67. The van der Waals surface area contributed by atoms with Gasteiger partial charge >= 0.3 is 12.0 Å². The number of hydrazone groups is 1. The number of nitrogens with zero attached hydrogens (tertiary/aromatic N) is 1. The molecule has 0 radical (unpaired) electrons. The zero-order chi connectivity index (χ0) is 29.9. The van der Waals surface area contributed by atoms with Gasteiger partial charge in [-0.1, -0.05) is 12.0 Å². The van der Waals surface area contributed by atoms with Crippen molar-refractivity contribution in [1.82, 2.24) is 16.1 Å². The molecule has 0 saturated carbocycles. The number of terminal acetylenes is 1. The number of esters is 1. The molecule has 2 amide bonds. The molecule has 4 N–H and O–H groups in total. The van der Waals surface area contributed by atoms with Crippen LogP contribution in [0.3, 0.4) is 0 Å². The topological polar surface area (TPSA) is 149 Å². The summed E-state index contributed by atoms with van der Waals surface area (Å²) in [4.78, 5) is 24.5. The third-order valence-corrected chi connectivity index (χ3v) is 6.29. The molecule has 2 atom stereocenters. The SMILES string of the molecule is C#CCOc1c(/C=N/N[C@@H](O)COc2ccc([C@@H]3NC(=O)NC(C)=C3C(=O)OC)cc2OCC)cc(I)cc1OC. The summed E-state index contributed by atoms with van der Waals surface area (Å²) in [5, 5.41) is 19.8. The molecule has 0 bridgehead atoms. The number of aliphatic hydroxyl groups is 1. The minimum Gasteiger partial charge on any atom is -0.493 e. The highest BCUT2D eigenvalue weighted by Crippen LogP contribution is 2.35. The van der Waals surface area contributed by atoms with Gasteiger partial charge in [-0.25, -0.2) is 9.59 Å². The quantitative estimate of drug-likeness (QED) is 0.0627. The first-order valence-electron chi connectivity index (χ1n) is 12.4. The summed E-state index contributed by atoms with van der Waals surface area (Å²) in [6.07, 6.45) is 5.61. The molecule has 12 nitrogen and oxygen atoms in total. The van der Waals surface area contributed by atoms with Crippen molar-refractivity contribution in [2.75, 3.05) is 34.0 Å². The van der Waals surface area contributed by atoms with Crippen molar-refractivity contribution in [2.45, 2.75) is 26.1 Å². The van der Waals surface area contributed by atoms with Crippen molar-refractivity contribution in [2.24, 2.45) is 5.10 Å². The van der Waals surface area contributed by atoms with E-state index in [9.17, 15) is 14.7 Å². The maximum absolute atomic E-state index is 12.4. The van der Waals surface area contributed by atoms with Crippen molar-refractivity contribution < 1.29 is 38.4 Å². The lowest BCUT2D eigenvalue weighted by Gasteiger charge is -2.28. The Bertz CT molecular complexity index is 1370. The largest absolute Gasteiger partial charge is 0.493 e. The molecule has 0 aliphatic carbocycles. The number of halogens is 1. The minimum atomic E-state index is -1.18. The summed E-state index contributed by atoms with van der Waals surface area (Å²) in [6.45, 7) is 3.62. The fraction of sp³-hybridized carbons (Fsp3) is 0.321. The lowest BCUT2D eigenvalue weighted by Crippen LogP contribution is -2.45. The molecule has 0 saturated heterocycles. The van der Waals surface area contributed by atoms with Crippen molar-refractivity contribution in [3.8, 4) is 35.3 Å². The summed E-state index contributed by atoms with van der Waals surface area (Å²) in [5.41, 5.74) is 4.42. The van der Waals surface area contributed by atoms with E-state index in [0.717, 1.165) is 3.57 Å². The van der Waals surface area contributed by atoms with E-state index in [1.807, 2.05) is 6.07 Å². The normalized spacial score (nSPS) is 15.3. The van der Waals surface area contributed by atoms with E-state index in [4.69, 9.17) is 30.1 Å². The predicted octanol–water partition coefficient (Wildman–Crippen LogP) is 2.83. The van der Waals surface area contributed by atoms with Crippen LogP contribution in [0.2, 0.25) is 0 Å². The number of hydrogen-bond donors (Lipinski definition) is 4. The molecule has 0 unspecified atom stereocenters. The van der Waals surface area contributed by atoms with Crippen LogP contribution in [-0.4, -0.2) is 63.6 Å². The maximum Gasteiger partial charge on any atom is 0.337 e. The van der Waals surface area contributed by atoms with Gasteiger partial charge in [-0.3, -0.25) is 5.43 Å². The molecule has 1 aliphatic heterocycles. The summed E-state index contributed by atoms with van der Waals surface area (Å²) in [7, 11) is 2.79. The molecular formula is C28H31IN4O8. The molecule has 0 spiro atoms. The van der Waals surface area contributed by atoms with Gasteiger partial charge in [0.25, 0.3) is 0 Å². The van der Waals surface area contributed by atoms with Crippen molar-refractivity contribution >= 4 is 40.8 Å². The number of amides is 2. The smallest absolute Gasteiger partial charge is 0.337 e. The number of carbonyl (C=O) groups is 2. The number of allylic oxidation sites excluding steroid dienone is 1. The zero-order valence-corrected chi connectivity index (χ0v) is 25.1. The van der Waals surface area contributed by atoms with Crippen LogP contribution in [0, 0.1) is 15.9 Å². The summed E-state index contributed by atoms with van der Waals surface area (Å²) in [6, 6.07) is 7.38. The molecule has 2 aromatic rings. The summed E-state index contributed by atoms with van der Waals surface area (Å²) >= 11 is 2.14. The van der Waals surface area contributed by atoms with Gasteiger partial charge in [0.2, 0.25) is 0 Å². The van der Waals surface area contributed by atoms with Crippen LogP contribution in [0.1, 0.15) is 31.0 Å². The Hall–Kier alpha value is -4.16. The standard InChI is InChI=1S/C28H31IN4O8/c1-6-10-40-26-18(11-19(29)13-22(26)37-4)14-30-33-23(34)15-41-20-9-8-17(12-21(20)39-7-2)25-24(27(35)38-5)16(3)31-28(36)32-25/h1,8-9,11-14,23,25,33-34H,7,10,15H2,2-5H3,(H2,31,32,36)/b30-14+/t23-,25-/m0/s1. The molecule has 0 fully saturated rings. The zero-order valence-electron chi connectivity index (χ0n) is 22.9. The second-order valence-corrected chi connectivity index (χ2v) is 9.68. The van der Waals surface area contributed by atoms with Gasteiger partial charge in [0.15, 0.2) is 29.2 Å². The highest BCUT2D eigenvalue weighted by Gasteiger charge is 2.32. The van der Waals surface area contributed by atoms with E-state index in [1.54, 1.807) is 38.1 Å². The Morgan fingerprint density at radius 3 is 2.68 bits per heavy atom. The first kappa shape index (κ1) is 31.4. The maximum atomic E-state index is 12.4. The summed E-state index contributed by atoms with van der Waals surface area (Å²) < 4.78 is 28.3. The highest BCUT2D eigenvalue weighted by atomic mass is 127. The van der Waals surface area contributed by atoms with Crippen molar-refractivity contribution in [1.29, 1.82) is 0 Å². The Balaban J connectivity index is 1.73. The van der Waals surface area contributed by atoms with Gasteiger partial charge < -0.3 is 39.4 Å². The predicted molar refractivity (Wildman–Crippen MR) is 159 cm³/mol. The Morgan fingerprint density at radius 1 is 1.22 bits per heavy atom. The first-order chi connectivity index (χ1) is 19.7. The molecule has 3 rings (SSSR count). The van der Waals surface area contributed by atoms with Gasteiger partial charge in [-0.2, -0.15) is 5.10 Å². The number of benzene rings is 2. The van der Waals surface area contributed by atoms with E-state index >= 15 is 0 Å². The van der Waals surface area contributed by atoms with E-state index in [1.165, 1.54) is 20.4 Å². The number of methoxy groups -OCH3 is 2. The molecule has 1 aliphatic rings. The van der Waals surface area contributed by atoms with Crippen molar-refractivity contribution in [3.05, 3.63) is 56.3 Å². The van der Waals surface area contributed by atoms with E-state index in [0.29, 0.717) is 46.4 Å². The van der Waals surface area contributed by atoms with E-state index in [2.05, 4.69) is 49.7 Å². The van der Waals surface area contributed by atoms with Crippen LogP contribution < -0.4 is 35.0 Å². The molecule has 218 valence electrons. The van der Waals surface area contributed by atoms with Crippen LogP contribution in [0.25, 0.3) is 0 Å². The van der Waals surface area contributed by atoms with Crippen molar-refractivity contribution in [3.63, 3.8) is 0 Å². The molecule has 0 aromatic heterocycles. The van der Waals surface area contributed by atoms with Crippen LogP contribution in [0.4, 0.5) is 4.79 Å². The van der Waals surface area contributed by atoms with Gasteiger partial charge in [0, 0.05) is 14.8 Å². The minimum absolute atomic E-state index is 0.0482. The molecule has 41 heavy (non-hydrogen) atoms. The number of ether oxygens (including phenoxy) is 5. The van der Waals surface area contributed by atoms with Crippen LogP contribution in [0.15, 0.2) is 46.7 Å². The van der Waals surface area contributed by atoms with Gasteiger partial charge in [0.05, 0.1) is 38.7 Å². The third kappa shape index (κ3) is 8.18.